The molecule has 0 aliphatic carbocycles. The first-order chi connectivity index (χ1) is 11.0. The van der Waals surface area contributed by atoms with Crippen molar-refractivity contribution in [3.05, 3.63) is 30.3 Å². The third kappa shape index (κ3) is 2.52. The number of phenols is 2. The lowest BCUT2D eigenvalue weighted by Crippen LogP contribution is -2.00. The Labute approximate surface area is 131 Å². The first-order valence-corrected chi connectivity index (χ1v) is 6.75. The second-order valence-corrected chi connectivity index (χ2v) is 4.86. The zero-order chi connectivity index (χ0) is 16.6. The van der Waals surface area contributed by atoms with E-state index in [4.69, 9.17) is 15.2 Å². The van der Waals surface area contributed by atoms with Gasteiger partial charge in [-0.1, -0.05) is 0 Å². The summed E-state index contributed by atoms with van der Waals surface area (Å²) in [7, 11) is 3.06. The van der Waals surface area contributed by atoms with Crippen molar-refractivity contribution >= 4 is 16.9 Å². The number of methoxy groups -OCH3 is 2. The van der Waals surface area contributed by atoms with E-state index in [-0.39, 0.29) is 17.4 Å². The molecule has 3 rings (SSSR count). The van der Waals surface area contributed by atoms with Gasteiger partial charge in [-0.3, -0.25) is 0 Å². The topological polar surface area (TPSA) is 111 Å². The van der Waals surface area contributed by atoms with Crippen LogP contribution >= 0.6 is 0 Å². The molecule has 3 aromatic rings. The van der Waals surface area contributed by atoms with Crippen LogP contribution < -0.4 is 15.2 Å². The SMILES string of the molecule is COc1cc2nc(N)nc(-c3ccc(O)cc3O)c2cc1OC. The van der Waals surface area contributed by atoms with Crippen LogP contribution in [-0.2, 0) is 0 Å². The lowest BCUT2D eigenvalue weighted by atomic mass is 10.0. The van der Waals surface area contributed by atoms with E-state index >= 15 is 0 Å². The molecular formula is C16H15N3O4. The van der Waals surface area contributed by atoms with Crippen molar-refractivity contribution in [3.8, 4) is 34.3 Å². The molecule has 118 valence electrons. The fraction of sp³-hybridized carbons (Fsp3) is 0.125. The van der Waals surface area contributed by atoms with E-state index in [0.717, 1.165) is 0 Å². The van der Waals surface area contributed by atoms with Crippen LogP contribution in [0.5, 0.6) is 23.0 Å². The molecule has 2 aromatic carbocycles. The number of fused-ring (bicyclic) bond motifs is 1. The highest BCUT2D eigenvalue weighted by molar-refractivity contribution is 5.96. The van der Waals surface area contributed by atoms with E-state index in [0.29, 0.717) is 33.7 Å². The van der Waals surface area contributed by atoms with Crippen LogP contribution in [0.1, 0.15) is 0 Å². The molecular weight excluding hydrogens is 298 g/mol. The largest absolute Gasteiger partial charge is 0.508 e. The Kier molecular flexibility index (Phi) is 3.53. The first kappa shape index (κ1) is 14.7. The number of aromatic hydroxyl groups is 2. The summed E-state index contributed by atoms with van der Waals surface area (Å²) in [6.07, 6.45) is 0. The van der Waals surface area contributed by atoms with Gasteiger partial charge in [-0.25, -0.2) is 9.97 Å². The summed E-state index contributed by atoms with van der Waals surface area (Å²) in [5.74, 6) is 0.926. The molecule has 1 heterocycles. The van der Waals surface area contributed by atoms with Crippen molar-refractivity contribution in [3.63, 3.8) is 0 Å². The highest BCUT2D eigenvalue weighted by Gasteiger charge is 2.16. The minimum Gasteiger partial charge on any atom is -0.508 e. The van der Waals surface area contributed by atoms with Gasteiger partial charge in [-0.2, -0.15) is 0 Å². The molecule has 0 aliphatic heterocycles. The number of nitrogens with two attached hydrogens (primary N) is 1. The Morgan fingerprint density at radius 3 is 2.30 bits per heavy atom. The fourth-order valence-corrected chi connectivity index (χ4v) is 2.40. The van der Waals surface area contributed by atoms with Crippen LogP contribution in [0.25, 0.3) is 22.2 Å². The number of nitrogens with zero attached hydrogens (tertiary/aromatic N) is 2. The summed E-state index contributed by atoms with van der Waals surface area (Å²) in [5.41, 5.74) is 7.19. The molecule has 0 radical (unpaired) electrons. The Bertz CT molecular complexity index is 896. The number of aromatic nitrogens is 2. The number of phenolic OH excluding ortho intramolecular Hbond substituents is 2. The van der Waals surface area contributed by atoms with Crippen LogP contribution in [0.15, 0.2) is 30.3 Å². The van der Waals surface area contributed by atoms with Gasteiger partial charge in [0.05, 0.1) is 25.4 Å². The standard InChI is InChI=1S/C16H15N3O4/c1-22-13-6-10-11(7-14(13)23-2)18-16(17)19-15(10)9-4-3-8(20)5-12(9)21/h3-7,20-21H,1-2H3,(H2,17,18,19). The highest BCUT2D eigenvalue weighted by atomic mass is 16.5. The predicted octanol–water partition coefficient (Wildman–Crippen LogP) is 2.31. The van der Waals surface area contributed by atoms with Crippen LogP contribution in [0.2, 0.25) is 0 Å². The van der Waals surface area contributed by atoms with Gasteiger partial charge in [0.1, 0.15) is 11.5 Å². The highest BCUT2D eigenvalue weighted by Crippen LogP contribution is 2.39. The minimum atomic E-state index is -0.112. The molecule has 0 atom stereocenters. The Balaban J connectivity index is 2.35. The third-order valence-electron chi connectivity index (χ3n) is 3.45. The second-order valence-electron chi connectivity index (χ2n) is 4.86. The number of benzene rings is 2. The first-order valence-electron chi connectivity index (χ1n) is 6.75. The van der Waals surface area contributed by atoms with Crippen molar-refractivity contribution in [2.24, 2.45) is 0 Å². The molecule has 0 saturated carbocycles. The van der Waals surface area contributed by atoms with Gasteiger partial charge in [0.15, 0.2) is 11.5 Å². The summed E-state index contributed by atoms with van der Waals surface area (Å²) >= 11 is 0. The predicted molar refractivity (Wildman–Crippen MR) is 85.8 cm³/mol. The summed E-state index contributed by atoms with van der Waals surface area (Å²) < 4.78 is 10.6. The van der Waals surface area contributed by atoms with Gasteiger partial charge in [0, 0.05) is 23.1 Å². The number of nitrogen functional groups attached to an aromatic ring is 1. The molecule has 7 nitrogen and oxygen atoms in total. The zero-order valence-corrected chi connectivity index (χ0v) is 12.6. The molecule has 0 saturated heterocycles. The number of hydrogen-bond acceptors (Lipinski definition) is 7. The molecule has 4 N–H and O–H groups in total. The van der Waals surface area contributed by atoms with Gasteiger partial charge in [0.25, 0.3) is 0 Å². The Morgan fingerprint density at radius 2 is 1.65 bits per heavy atom. The van der Waals surface area contributed by atoms with Crippen molar-refractivity contribution in [2.75, 3.05) is 20.0 Å². The summed E-state index contributed by atoms with van der Waals surface area (Å²) in [6.45, 7) is 0. The number of ether oxygens (including phenoxy) is 2. The van der Waals surface area contributed by atoms with Crippen molar-refractivity contribution in [1.82, 2.24) is 9.97 Å². The summed E-state index contributed by atoms with van der Waals surface area (Å²) in [5, 5.41) is 20.2. The average molecular weight is 313 g/mol. The quantitative estimate of drug-likeness (QED) is 0.680. The summed E-state index contributed by atoms with van der Waals surface area (Å²) in [6, 6.07) is 7.66. The molecule has 23 heavy (non-hydrogen) atoms. The smallest absolute Gasteiger partial charge is 0.221 e. The maximum Gasteiger partial charge on any atom is 0.221 e. The van der Waals surface area contributed by atoms with E-state index in [1.54, 1.807) is 18.2 Å². The maximum atomic E-state index is 10.1. The van der Waals surface area contributed by atoms with Crippen molar-refractivity contribution in [2.45, 2.75) is 0 Å². The van der Waals surface area contributed by atoms with E-state index < -0.39 is 0 Å². The third-order valence-corrected chi connectivity index (χ3v) is 3.45. The molecule has 0 aliphatic rings. The monoisotopic (exact) mass is 313 g/mol. The van der Waals surface area contributed by atoms with Crippen molar-refractivity contribution < 1.29 is 19.7 Å². The molecule has 0 unspecified atom stereocenters. The van der Waals surface area contributed by atoms with E-state index in [9.17, 15) is 10.2 Å². The van der Waals surface area contributed by atoms with E-state index in [1.165, 1.54) is 26.4 Å². The number of anilines is 1. The lowest BCUT2D eigenvalue weighted by Gasteiger charge is -2.12. The molecule has 7 heteroatoms. The number of rotatable bonds is 3. The van der Waals surface area contributed by atoms with Gasteiger partial charge < -0.3 is 25.4 Å². The van der Waals surface area contributed by atoms with Gasteiger partial charge in [0.2, 0.25) is 5.95 Å². The van der Waals surface area contributed by atoms with Crippen LogP contribution in [0.4, 0.5) is 5.95 Å². The van der Waals surface area contributed by atoms with Crippen LogP contribution in [0, 0.1) is 0 Å². The van der Waals surface area contributed by atoms with Crippen LogP contribution in [-0.4, -0.2) is 34.4 Å². The van der Waals surface area contributed by atoms with Crippen LogP contribution in [0.3, 0.4) is 0 Å². The van der Waals surface area contributed by atoms with Gasteiger partial charge >= 0.3 is 0 Å². The van der Waals surface area contributed by atoms with E-state index in [1.807, 2.05) is 0 Å². The average Bonchev–Trinajstić information content (AvgIpc) is 2.53. The minimum absolute atomic E-state index is 0.0446. The van der Waals surface area contributed by atoms with E-state index in [2.05, 4.69) is 9.97 Å². The molecule has 0 bridgehead atoms. The molecule has 0 fully saturated rings. The molecule has 0 amide bonds. The Hall–Kier alpha value is -3.22. The zero-order valence-electron chi connectivity index (χ0n) is 12.6. The van der Waals surface area contributed by atoms with Gasteiger partial charge in [-0.05, 0) is 18.2 Å². The Morgan fingerprint density at radius 1 is 0.957 bits per heavy atom. The molecule has 0 spiro atoms. The maximum absolute atomic E-state index is 10.1. The lowest BCUT2D eigenvalue weighted by molar-refractivity contribution is 0.356. The normalized spacial score (nSPS) is 10.7. The van der Waals surface area contributed by atoms with Crippen molar-refractivity contribution in [1.29, 1.82) is 0 Å². The second kappa shape index (κ2) is 5.53. The number of hydrogen-bond donors (Lipinski definition) is 3. The molecule has 1 aromatic heterocycles. The fourth-order valence-electron chi connectivity index (χ4n) is 2.40. The summed E-state index contributed by atoms with van der Waals surface area (Å²) in [4.78, 5) is 8.41. The van der Waals surface area contributed by atoms with Gasteiger partial charge in [-0.15, -0.1) is 0 Å².